The van der Waals surface area contributed by atoms with Crippen LogP contribution >= 0.6 is 0 Å². The molecule has 1 N–H and O–H groups in total. The molecule has 0 aliphatic carbocycles. The number of amides is 2. The van der Waals surface area contributed by atoms with E-state index in [9.17, 15) is 9.18 Å². The zero-order valence-corrected chi connectivity index (χ0v) is 15.7. The molecule has 2 atom stereocenters. The topological polar surface area (TPSA) is 71.3 Å². The summed E-state index contributed by atoms with van der Waals surface area (Å²) < 4.78 is 19.2. The van der Waals surface area contributed by atoms with Gasteiger partial charge in [-0.25, -0.2) is 9.18 Å². The van der Waals surface area contributed by atoms with Gasteiger partial charge in [-0.3, -0.25) is 0 Å². The Labute approximate surface area is 162 Å². The molecule has 144 valence electrons. The van der Waals surface area contributed by atoms with E-state index in [0.29, 0.717) is 36.1 Å². The Kier molecular flexibility index (Phi) is 4.81. The van der Waals surface area contributed by atoms with Gasteiger partial charge in [-0.05, 0) is 30.5 Å². The summed E-state index contributed by atoms with van der Waals surface area (Å²) in [5.74, 6) is 0.865. The Morgan fingerprint density at radius 1 is 1.21 bits per heavy atom. The van der Waals surface area contributed by atoms with E-state index in [1.807, 2.05) is 30.3 Å². The lowest BCUT2D eigenvalue weighted by molar-refractivity contribution is 0.220. The molecule has 4 rings (SSSR count). The molecular formula is C21H21FN4O2. The first-order valence-electron chi connectivity index (χ1n) is 9.22. The van der Waals surface area contributed by atoms with Gasteiger partial charge in [-0.15, -0.1) is 0 Å². The highest BCUT2D eigenvalue weighted by Crippen LogP contribution is 2.32. The van der Waals surface area contributed by atoms with Crippen LogP contribution in [0, 0.1) is 18.7 Å². The second-order valence-electron chi connectivity index (χ2n) is 7.21. The van der Waals surface area contributed by atoms with Crippen molar-refractivity contribution >= 4 is 11.7 Å². The van der Waals surface area contributed by atoms with E-state index < -0.39 is 0 Å². The van der Waals surface area contributed by atoms with E-state index in [2.05, 4.69) is 22.4 Å². The predicted molar refractivity (Wildman–Crippen MR) is 103 cm³/mol. The lowest BCUT2D eigenvalue weighted by atomic mass is 9.98. The second kappa shape index (κ2) is 7.42. The highest BCUT2D eigenvalue weighted by Gasteiger charge is 2.37. The Bertz CT molecular complexity index is 989. The first-order chi connectivity index (χ1) is 13.5. The van der Waals surface area contributed by atoms with Crippen molar-refractivity contribution in [2.75, 3.05) is 18.4 Å². The number of urea groups is 1. The molecule has 28 heavy (non-hydrogen) atoms. The summed E-state index contributed by atoms with van der Waals surface area (Å²) in [5, 5.41) is 6.83. The number of hydrogen-bond acceptors (Lipinski definition) is 4. The fourth-order valence-corrected chi connectivity index (χ4v) is 3.42. The Hall–Kier alpha value is -3.22. The van der Waals surface area contributed by atoms with Gasteiger partial charge in [0.05, 0.1) is 5.92 Å². The van der Waals surface area contributed by atoms with Crippen LogP contribution in [-0.4, -0.2) is 34.2 Å². The fourth-order valence-electron chi connectivity index (χ4n) is 3.42. The Balaban J connectivity index is 1.45. The zero-order valence-electron chi connectivity index (χ0n) is 15.7. The van der Waals surface area contributed by atoms with Crippen LogP contribution in [0.5, 0.6) is 0 Å². The maximum atomic E-state index is 13.7. The molecule has 2 amide bonds. The maximum Gasteiger partial charge on any atom is 0.321 e. The van der Waals surface area contributed by atoms with Gasteiger partial charge in [0.1, 0.15) is 5.82 Å². The van der Waals surface area contributed by atoms with Gasteiger partial charge in [0.15, 0.2) is 0 Å². The molecule has 1 aromatic heterocycles. The summed E-state index contributed by atoms with van der Waals surface area (Å²) in [5.41, 5.74) is 1.87. The molecule has 0 saturated carbocycles. The maximum absolute atomic E-state index is 13.7. The lowest BCUT2D eigenvalue weighted by Crippen LogP contribution is -2.33. The molecule has 2 unspecified atom stereocenters. The minimum Gasteiger partial charge on any atom is -0.339 e. The summed E-state index contributed by atoms with van der Waals surface area (Å²) in [6, 6.07) is 14.0. The molecule has 1 aliphatic heterocycles. The molecule has 7 heteroatoms. The van der Waals surface area contributed by atoms with Crippen molar-refractivity contribution < 1.29 is 13.7 Å². The highest BCUT2D eigenvalue weighted by molar-refractivity contribution is 5.89. The third-order valence-electron chi connectivity index (χ3n) is 5.11. The molecular weight excluding hydrogens is 359 g/mol. The first kappa shape index (κ1) is 18.2. The van der Waals surface area contributed by atoms with Gasteiger partial charge >= 0.3 is 6.03 Å². The van der Waals surface area contributed by atoms with Crippen molar-refractivity contribution in [3.63, 3.8) is 0 Å². The van der Waals surface area contributed by atoms with Crippen LogP contribution in [0.15, 0.2) is 53.1 Å². The van der Waals surface area contributed by atoms with Gasteiger partial charge in [-0.2, -0.15) is 4.98 Å². The van der Waals surface area contributed by atoms with Crippen molar-refractivity contribution in [3.05, 3.63) is 65.8 Å². The van der Waals surface area contributed by atoms with Crippen molar-refractivity contribution in [3.8, 4) is 11.4 Å². The van der Waals surface area contributed by atoms with Gasteiger partial charge in [-0.1, -0.05) is 48.5 Å². The number of aromatic nitrogens is 2. The van der Waals surface area contributed by atoms with E-state index in [0.717, 1.165) is 5.56 Å². The molecule has 0 bridgehead atoms. The normalized spacial score (nSPS) is 19.0. The average Bonchev–Trinajstić information content (AvgIpc) is 3.32. The largest absolute Gasteiger partial charge is 0.339 e. The summed E-state index contributed by atoms with van der Waals surface area (Å²) in [6.07, 6.45) is 0. The number of likely N-dealkylation sites (tertiary alicyclic amines) is 1. The Morgan fingerprint density at radius 2 is 2.00 bits per heavy atom. The average molecular weight is 380 g/mol. The smallest absolute Gasteiger partial charge is 0.321 e. The number of carbonyl (C=O) groups is 1. The quantitative estimate of drug-likeness (QED) is 0.729. The molecule has 6 nitrogen and oxygen atoms in total. The highest BCUT2D eigenvalue weighted by atomic mass is 19.1. The van der Waals surface area contributed by atoms with Crippen molar-refractivity contribution in [1.82, 2.24) is 15.0 Å². The number of carbonyl (C=O) groups excluding carboxylic acids is 1. The van der Waals surface area contributed by atoms with Gasteiger partial charge in [0.25, 0.3) is 0 Å². The van der Waals surface area contributed by atoms with E-state index >= 15 is 0 Å². The van der Waals surface area contributed by atoms with Crippen LogP contribution in [-0.2, 0) is 0 Å². The number of nitrogens with zero attached hydrogens (tertiary/aromatic N) is 3. The van der Waals surface area contributed by atoms with Gasteiger partial charge < -0.3 is 14.7 Å². The number of benzene rings is 2. The number of halogens is 1. The summed E-state index contributed by atoms with van der Waals surface area (Å²) in [6.45, 7) is 4.77. The van der Waals surface area contributed by atoms with Crippen LogP contribution < -0.4 is 5.32 Å². The monoisotopic (exact) mass is 380 g/mol. The number of rotatable bonds is 3. The molecule has 0 radical (unpaired) electrons. The lowest BCUT2D eigenvalue weighted by Gasteiger charge is -2.17. The standard InChI is InChI=1S/C21H21FN4O2/c1-13-8-9-16(10-18(13)22)23-21(27)26-11-14(2)17(12-26)20-24-19(25-28-20)15-6-4-3-5-7-15/h3-10,14,17H,11-12H2,1-2H3,(H,23,27). The van der Waals surface area contributed by atoms with Gasteiger partial charge in [0, 0.05) is 24.3 Å². The Morgan fingerprint density at radius 3 is 2.75 bits per heavy atom. The molecule has 1 saturated heterocycles. The first-order valence-corrected chi connectivity index (χ1v) is 9.22. The van der Waals surface area contributed by atoms with Crippen molar-refractivity contribution in [2.24, 2.45) is 5.92 Å². The van der Waals surface area contributed by atoms with Crippen LogP contribution in [0.4, 0.5) is 14.9 Å². The molecule has 0 spiro atoms. The molecule has 2 aromatic carbocycles. The molecule has 2 heterocycles. The minimum atomic E-state index is -0.343. The predicted octanol–water partition coefficient (Wildman–Crippen LogP) is 4.45. The zero-order chi connectivity index (χ0) is 19.7. The third-order valence-corrected chi connectivity index (χ3v) is 5.11. The number of aryl methyl sites for hydroxylation is 1. The SMILES string of the molecule is Cc1ccc(NC(=O)N2CC(C)C(c3nc(-c4ccccc4)no3)C2)cc1F. The van der Waals surface area contributed by atoms with E-state index in [-0.39, 0.29) is 23.7 Å². The third kappa shape index (κ3) is 3.60. The number of hydrogen-bond donors (Lipinski definition) is 1. The molecule has 1 fully saturated rings. The van der Waals surface area contributed by atoms with Crippen LogP contribution in [0.3, 0.4) is 0 Å². The summed E-state index contributed by atoms with van der Waals surface area (Å²) in [4.78, 5) is 18.8. The van der Waals surface area contributed by atoms with Gasteiger partial charge in [0.2, 0.25) is 11.7 Å². The van der Waals surface area contributed by atoms with Crippen molar-refractivity contribution in [2.45, 2.75) is 19.8 Å². The minimum absolute atomic E-state index is 0.0366. The van der Waals surface area contributed by atoms with E-state index in [1.54, 1.807) is 24.0 Å². The van der Waals surface area contributed by atoms with Crippen molar-refractivity contribution in [1.29, 1.82) is 0 Å². The summed E-state index contributed by atoms with van der Waals surface area (Å²) in [7, 11) is 0. The van der Waals surface area contributed by atoms with E-state index in [1.165, 1.54) is 6.07 Å². The molecule has 1 aliphatic rings. The van der Waals surface area contributed by atoms with E-state index in [4.69, 9.17) is 4.52 Å². The second-order valence-corrected chi connectivity index (χ2v) is 7.21. The molecule has 3 aromatic rings. The van der Waals surface area contributed by atoms with Crippen LogP contribution in [0.25, 0.3) is 11.4 Å². The van der Waals surface area contributed by atoms with Crippen LogP contribution in [0.1, 0.15) is 24.3 Å². The fraction of sp³-hybridized carbons (Fsp3) is 0.286. The number of anilines is 1. The number of nitrogens with one attached hydrogen (secondary N) is 1. The van der Waals surface area contributed by atoms with Crippen LogP contribution in [0.2, 0.25) is 0 Å². The summed E-state index contributed by atoms with van der Waals surface area (Å²) >= 11 is 0.